The lowest BCUT2D eigenvalue weighted by molar-refractivity contribution is -0.128. The molecule has 9 heteroatoms. The Hall–Kier alpha value is -4.43. The molecule has 0 atom stereocenters. The molecule has 1 aromatic heterocycles. The lowest BCUT2D eigenvalue weighted by Gasteiger charge is -2.12. The molecule has 4 rings (SSSR count). The summed E-state index contributed by atoms with van der Waals surface area (Å²) in [6, 6.07) is 11.4. The van der Waals surface area contributed by atoms with Crippen molar-refractivity contribution in [2.24, 2.45) is 0 Å². The van der Waals surface area contributed by atoms with E-state index in [2.05, 4.69) is 0 Å². The van der Waals surface area contributed by atoms with E-state index in [1.807, 2.05) is 13.8 Å². The monoisotopic (exact) mass is 536 g/mol. The van der Waals surface area contributed by atoms with E-state index in [4.69, 9.17) is 39.7 Å². The maximum atomic E-state index is 13.0. The quantitative estimate of drug-likeness (QED) is 0.143. The summed E-state index contributed by atoms with van der Waals surface area (Å²) >= 11 is 6.21. The topological polar surface area (TPSA) is 93.4 Å². The number of aryl methyl sites for hydroxylation is 2. The number of fused-ring (bicyclic) bond motifs is 1. The largest absolute Gasteiger partial charge is 0.493 e. The van der Waals surface area contributed by atoms with Crippen LogP contribution in [-0.4, -0.2) is 27.3 Å². The summed E-state index contributed by atoms with van der Waals surface area (Å²) < 4.78 is 32.7. The van der Waals surface area contributed by atoms with Crippen molar-refractivity contribution >= 4 is 34.6 Å². The van der Waals surface area contributed by atoms with E-state index in [1.165, 1.54) is 51.9 Å². The van der Waals surface area contributed by atoms with Crippen LogP contribution in [0.2, 0.25) is 5.02 Å². The molecule has 3 aromatic carbocycles. The van der Waals surface area contributed by atoms with Gasteiger partial charge in [0.05, 0.1) is 26.7 Å². The molecule has 0 aliphatic rings. The molecule has 8 nitrogen and oxygen atoms in total. The van der Waals surface area contributed by atoms with Gasteiger partial charge in [-0.15, -0.1) is 0 Å². The molecule has 0 N–H and O–H groups in total. The first-order valence-corrected chi connectivity index (χ1v) is 11.8. The summed E-state index contributed by atoms with van der Waals surface area (Å²) in [4.78, 5) is 25.4. The Morgan fingerprint density at radius 3 is 2.13 bits per heavy atom. The normalized spacial score (nSPS) is 11.0. The lowest BCUT2D eigenvalue weighted by Crippen LogP contribution is -2.07. The fourth-order valence-electron chi connectivity index (χ4n) is 3.83. The van der Waals surface area contributed by atoms with Gasteiger partial charge >= 0.3 is 5.97 Å². The van der Waals surface area contributed by atoms with Crippen LogP contribution in [0.15, 0.2) is 64.0 Å². The number of halogens is 1. The van der Waals surface area contributed by atoms with Gasteiger partial charge in [0.25, 0.3) is 0 Å². The molecule has 4 aromatic rings. The Morgan fingerprint density at radius 2 is 1.53 bits per heavy atom. The fourth-order valence-corrected chi connectivity index (χ4v) is 3.94. The van der Waals surface area contributed by atoms with Crippen molar-refractivity contribution in [3.05, 3.63) is 86.7 Å². The zero-order chi connectivity index (χ0) is 27.4. The highest BCUT2D eigenvalue weighted by Crippen LogP contribution is 2.38. The molecule has 0 unspecified atom stereocenters. The molecule has 0 aliphatic heterocycles. The number of methoxy groups -OCH3 is 3. The highest BCUT2D eigenvalue weighted by molar-refractivity contribution is 6.32. The Bertz CT molecular complexity index is 1550. The third kappa shape index (κ3) is 5.60. The van der Waals surface area contributed by atoms with Gasteiger partial charge in [0.2, 0.25) is 16.9 Å². The van der Waals surface area contributed by atoms with Crippen molar-refractivity contribution in [3.63, 3.8) is 0 Å². The average molecular weight is 537 g/mol. The Morgan fingerprint density at radius 1 is 0.868 bits per heavy atom. The van der Waals surface area contributed by atoms with Crippen LogP contribution < -0.4 is 29.1 Å². The summed E-state index contributed by atoms with van der Waals surface area (Å²) in [5.41, 5.74) is 2.18. The summed E-state index contributed by atoms with van der Waals surface area (Å²) in [6.45, 7) is 3.71. The number of hydrogen-bond donors (Lipinski definition) is 0. The lowest BCUT2D eigenvalue weighted by atomic mass is 10.1. The minimum absolute atomic E-state index is 0.0247. The molecule has 0 radical (unpaired) electrons. The molecular formula is C29H25ClO8. The predicted octanol–water partition coefficient (Wildman–Crippen LogP) is 6.50. The second-order valence-electron chi connectivity index (χ2n) is 8.27. The summed E-state index contributed by atoms with van der Waals surface area (Å²) in [5.74, 6) is 1.42. The minimum Gasteiger partial charge on any atom is -0.493 e. The van der Waals surface area contributed by atoms with Gasteiger partial charge in [0.15, 0.2) is 11.5 Å². The van der Waals surface area contributed by atoms with Gasteiger partial charge in [-0.1, -0.05) is 11.6 Å². The van der Waals surface area contributed by atoms with Crippen LogP contribution in [0.4, 0.5) is 0 Å². The van der Waals surface area contributed by atoms with E-state index in [0.29, 0.717) is 33.6 Å². The third-order valence-electron chi connectivity index (χ3n) is 5.67. The summed E-state index contributed by atoms with van der Waals surface area (Å²) in [6.07, 6.45) is 4.03. The van der Waals surface area contributed by atoms with Gasteiger partial charge in [-0.2, -0.15) is 0 Å². The van der Waals surface area contributed by atoms with E-state index in [9.17, 15) is 9.59 Å². The Labute approximate surface area is 223 Å². The average Bonchev–Trinajstić information content (AvgIpc) is 2.91. The van der Waals surface area contributed by atoms with Crippen LogP contribution in [-0.2, 0) is 4.79 Å². The van der Waals surface area contributed by atoms with Crippen molar-refractivity contribution in [2.45, 2.75) is 13.8 Å². The molecule has 0 saturated heterocycles. The van der Waals surface area contributed by atoms with Crippen molar-refractivity contribution in [1.29, 1.82) is 0 Å². The van der Waals surface area contributed by atoms with Crippen molar-refractivity contribution < 1.29 is 32.9 Å². The first kappa shape index (κ1) is 26.6. The van der Waals surface area contributed by atoms with Crippen molar-refractivity contribution in [3.8, 4) is 34.5 Å². The second-order valence-corrected chi connectivity index (χ2v) is 8.65. The van der Waals surface area contributed by atoms with E-state index in [-0.39, 0.29) is 27.9 Å². The van der Waals surface area contributed by atoms with Crippen molar-refractivity contribution in [1.82, 2.24) is 0 Å². The van der Waals surface area contributed by atoms with Crippen LogP contribution in [0.3, 0.4) is 0 Å². The Kier molecular flexibility index (Phi) is 7.93. The molecule has 196 valence electrons. The Balaban J connectivity index is 1.52. The van der Waals surface area contributed by atoms with Crippen LogP contribution in [0.25, 0.3) is 17.0 Å². The molecule has 0 aliphatic carbocycles. The van der Waals surface area contributed by atoms with E-state index < -0.39 is 5.97 Å². The van der Waals surface area contributed by atoms with Gasteiger partial charge in [0, 0.05) is 17.2 Å². The number of esters is 1. The van der Waals surface area contributed by atoms with Gasteiger partial charge < -0.3 is 28.1 Å². The molecular weight excluding hydrogens is 512 g/mol. The minimum atomic E-state index is -0.631. The smallest absolute Gasteiger partial charge is 0.336 e. The van der Waals surface area contributed by atoms with Gasteiger partial charge in [0.1, 0.15) is 23.3 Å². The number of carbonyl (C=O) groups excluding carboxylic acids is 1. The molecule has 0 amide bonds. The zero-order valence-electron chi connectivity index (χ0n) is 21.4. The van der Waals surface area contributed by atoms with Crippen molar-refractivity contribution in [2.75, 3.05) is 21.3 Å². The molecule has 0 fully saturated rings. The maximum absolute atomic E-state index is 13.0. The van der Waals surface area contributed by atoms with E-state index in [0.717, 1.165) is 11.1 Å². The SMILES string of the molecule is COc1cc(/C=C/C(=O)Oc2ccc3c(=O)c(Oc4cc(C)c(Cl)c(C)c4)coc3c2)cc(OC)c1OC. The summed E-state index contributed by atoms with van der Waals surface area (Å²) in [5, 5.41) is 0.918. The first-order chi connectivity index (χ1) is 18.2. The maximum Gasteiger partial charge on any atom is 0.336 e. The predicted molar refractivity (Wildman–Crippen MR) is 144 cm³/mol. The second kappa shape index (κ2) is 11.3. The van der Waals surface area contributed by atoms with Crippen LogP contribution >= 0.6 is 11.6 Å². The van der Waals surface area contributed by atoms with Gasteiger partial charge in [-0.25, -0.2) is 4.79 Å². The first-order valence-electron chi connectivity index (χ1n) is 11.4. The van der Waals surface area contributed by atoms with Crippen LogP contribution in [0, 0.1) is 13.8 Å². The third-order valence-corrected chi connectivity index (χ3v) is 6.27. The van der Waals surface area contributed by atoms with Gasteiger partial charge in [-0.3, -0.25) is 4.79 Å². The fraction of sp³-hybridized carbons (Fsp3) is 0.172. The highest BCUT2D eigenvalue weighted by Gasteiger charge is 2.14. The van der Waals surface area contributed by atoms with Crippen LogP contribution in [0.5, 0.6) is 34.5 Å². The number of hydrogen-bond acceptors (Lipinski definition) is 8. The molecule has 0 bridgehead atoms. The summed E-state index contributed by atoms with van der Waals surface area (Å²) in [7, 11) is 4.52. The number of carbonyl (C=O) groups is 1. The van der Waals surface area contributed by atoms with Gasteiger partial charge in [-0.05, 0) is 73.0 Å². The van der Waals surface area contributed by atoms with E-state index in [1.54, 1.807) is 30.3 Å². The molecule has 1 heterocycles. The van der Waals surface area contributed by atoms with Crippen LogP contribution in [0.1, 0.15) is 16.7 Å². The number of benzene rings is 3. The standard InChI is InChI=1S/C29H25ClO8/c1-16-10-20(11-17(2)27(16)30)37-25-15-36-22-14-19(7-8-21(22)28(25)32)38-26(31)9-6-18-12-23(33-3)29(35-5)24(13-18)34-4/h6-15H,1-5H3/b9-6+. The number of rotatable bonds is 8. The molecule has 0 saturated carbocycles. The molecule has 38 heavy (non-hydrogen) atoms. The molecule has 0 spiro atoms. The zero-order valence-corrected chi connectivity index (χ0v) is 22.2. The highest BCUT2D eigenvalue weighted by atomic mass is 35.5. The van der Waals surface area contributed by atoms with E-state index >= 15 is 0 Å². The number of ether oxygens (including phenoxy) is 5.